The Balaban J connectivity index is 1.81. The molecule has 1 atom stereocenters. The molecule has 0 saturated heterocycles. The molecular weight excluding hydrogens is 322 g/mol. The van der Waals surface area contributed by atoms with Crippen LogP contribution >= 0.6 is 0 Å². The van der Waals surface area contributed by atoms with Crippen molar-refractivity contribution in [1.29, 1.82) is 0 Å². The van der Waals surface area contributed by atoms with Gasteiger partial charge in [0.2, 0.25) is 0 Å². The molecule has 24 heavy (non-hydrogen) atoms. The number of aromatic nitrogens is 2. The van der Waals surface area contributed by atoms with E-state index in [0.717, 1.165) is 12.1 Å². The van der Waals surface area contributed by atoms with Crippen molar-refractivity contribution in [3.8, 4) is 0 Å². The minimum atomic E-state index is -1.16. The minimum Gasteiger partial charge on any atom is -0.387 e. The first kappa shape index (κ1) is 17.8. The molecule has 130 valence electrons. The average Bonchev–Trinajstić information content (AvgIpc) is 3.00. The number of methoxy groups -OCH3 is 1. The van der Waals surface area contributed by atoms with Crippen LogP contribution in [-0.4, -0.2) is 41.2 Å². The quantitative estimate of drug-likeness (QED) is 0.715. The van der Waals surface area contributed by atoms with Crippen LogP contribution in [0.15, 0.2) is 30.6 Å². The van der Waals surface area contributed by atoms with E-state index in [1.54, 1.807) is 18.0 Å². The number of urea groups is 1. The summed E-state index contributed by atoms with van der Waals surface area (Å²) in [6, 6.07) is 2.51. The molecule has 2 rings (SSSR count). The van der Waals surface area contributed by atoms with Gasteiger partial charge in [-0.05, 0) is 17.7 Å². The normalized spacial score (nSPS) is 12.0. The Hall–Kier alpha value is -2.52. The summed E-state index contributed by atoms with van der Waals surface area (Å²) in [6.45, 7) is 0.886. The number of amides is 2. The molecule has 1 aromatic heterocycles. The van der Waals surface area contributed by atoms with E-state index in [1.165, 1.54) is 12.3 Å². The van der Waals surface area contributed by atoms with Crippen molar-refractivity contribution in [3.05, 3.63) is 47.8 Å². The number of aliphatic hydroxyl groups excluding tert-OH is 1. The summed E-state index contributed by atoms with van der Waals surface area (Å²) >= 11 is 0. The van der Waals surface area contributed by atoms with Crippen molar-refractivity contribution in [2.24, 2.45) is 0 Å². The molecule has 0 saturated carbocycles. The van der Waals surface area contributed by atoms with Crippen LogP contribution in [0.3, 0.4) is 0 Å². The number of nitrogens with zero attached hydrogens (tertiary/aromatic N) is 2. The first-order valence-corrected chi connectivity index (χ1v) is 7.19. The standard InChI is InChI=1S/C15H18F2N4O3/c1-24-5-4-21-9-11(7-19-21)20-15(23)18-8-14(22)10-2-3-12(16)13(17)6-10/h2-3,6-7,9,14,22H,4-5,8H2,1H3,(H2,18,20,23). The van der Waals surface area contributed by atoms with Crippen LogP contribution in [0.4, 0.5) is 19.3 Å². The Bertz CT molecular complexity index is 693. The molecule has 0 spiro atoms. The lowest BCUT2D eigenvalue weighted by Crippen LogP contribution is -2.32. The van der Waals surface area contributed by atoms with Crippen LogP contribution in [0.25, 0.3) is 0 Å². The summed E-state index contributed by atoms with van der Waals surface area (Å²) in [5, 5.41) is 18.9. The van der Waals surface area contributed by atoms with E-state index in [1.807, 2.05) is 0 Å². The van der Waals surface area contributed by atoms with E-state index in [2.05, 4.69) is 15.7 Å². The first-order valence-electron chi connectivity index (χ1n) is 7.19. The molecule has 7 nitrogen and oxygen atoms in total. The van der Waals surface area contributed by atoms with Crippen LogP contribution in [0.2, 0.25) is 0 Å². The fourth-order valence-corrected chi connectivity index (χ4v) is 1.94. The smallest absolute Gasteiger partial charge is 0.319 e. The van der Waals surface area contributed by atoms with E-state index in [4.69, 9.17) is 4.74 Å². The van der Waals surface area contributed by atoms with E-state index < -0.39 is 23.8 Å². The van der Waals surface area contributed by atoms with E-state index in [-0.39, 0.29) is 12.1 Å². The first-order chi connectivity index (χ1) is 11.5. The molecule has 1 aromatic carbocycles. The van der Waals surface area contributed by atoms with E-state index >= 15 is 0 Å². The van der Waals surface area contributed by atoms with Gasteiger partial charge in [0.25, 0.3) is 0 Å². The molecule has 0 bridgehead atoms. The van der Waals surface area contributed by atoms with Gasteiger partial charge in [-0.3, -0.25) is 4.68 Å². The maximum absolute atomic E-state index is 13.1. The van der Waals surface area contributed by atoms with Crippen LogP contribution in [0.1, 0.15) is 11.7 Å². The average molecular weight is 340 g/mol. The summed E-state index contributed by atoms with van der Waals surface area (Å²) < 4.78 is 32.5. The van der Waals surface area contributed by atoms with Crippen LogP contribution in [0.5, 0.6) is 0 Å². The molecule has 2 aromatic rings. The number of halogens is 2. The van der Waals surface area contributed by atoms with Gasteiger partial charge in [-0.2, -0.15) is 5.10 Å². The lowest BCUT2D eigenvalue weighted by molar-refractivity contribution is 0.174. The monoisotopic (exact) mass is 340 g/mol. The van der Waals surface area contributed by atoms with Gasteiger partial charge < -0.3 is 20.5 Å². The second kappa shape index (κ2) is 8.37. The van der Waals surface area contributed by atoms with Gasteiger partial charge in [0.15, 0.2) is 11.6 Å². The molecule has 1 unspecified atom stereocenters. The van der Waals surface area contributed by atoms with E-state index in [0.29, 0.717) is 18.8 Å². The Morgan fingerprint density at radius 3 is 2.92 bits per heavy atom. The number of nitrogens with one attached hydrogen (secondary N) is 2. The molecule has 3 N–H and O–H groups in total. The maximum atomic E-state index is 13.1. The maximum Gasteiger partial charge on any atom is 0.319 e. The van der Waals surface area contributed by atoms with Crippen molar-refractivity contribution in [1.82, 2.24) is 15.1 Å². The van der Waals surface area contributed by atoms with Gasteiger partial charge in [0.05, 0.1) is 31.1 Å². The zero-order chi connectivity index (χ0) is 17.5. The Labute approximate surface area is 137 Å². The van der Waals surface area contributed by atoms with Crippen LogP contribution < -0.4 is 10.6 Å². The predicted molar refractivity (Wildman–Crippen MR) is 82.4 cm³/mol. The van der Waals surface area contributed by atoms with Crippen molar-refractivity contribution in [2.45, 2.75) is 12.6 Å². The SMILES string of the molecule is COCCn1cc(NC(=O)NCC(O)c2ccc(F)c(F)c2)cn1. The third kappa shape index (κ3) is 5.00. The fourth-order valence-electron chi connectivity index (χ4n) is 1.94. The van der Waals surface area contributed by atoms with Gasteiger partial charge >= 0.3 is 6.03 Å². The van der Waals surface area contributed by atoms with Gasteiger partial charge in [-0.15, -0.1) is 0 Å². The number of rotatable bonds is 7. The Morgan fingerprint density at radius 1 is 1.42 bits per heavy atom. The number of carbonyl (C=O) groups excluding carboxylic acids is 1. The number of ether oxygens (including phenoxy) is 1. The van der Waals surface area contributed by atoms with Crippen molar-refractivity contribution >= 4 is 11.7 Å². The summed E-state index contributed by atoms with van der Waals surface area (Å²) in [5.74, 6) is -2.05. The Morgan fingerprint density at radius 2 is 2.21 bits per heavy atom. The zero-order valence-corrected chi connectivity index (χ0v) is 13.0. The third-order valence-electron chi connectivity index (χ3n) is 3.20. The molecular formula is C15H18F2N4O3. The summed E-state index contributed by atoms with van der Waals surface area (Å²) in [5.41, 5.74) is 0.646. The number of hydrogen-bond acceptors (Lipinski definition) is 4. The third-order valence-corrected chi connectivity index (χ3v) is 3.20. The fraction of sp³-hybridized carbons (Fsp3) is 0.333. The van der Waals surface area contributed by atoms with Crippen molar-refractivity contribution in [3.63, 3.8) is 0 Å². The molecule has 2 amide bonds. The van der Waals surface area contributed by atoms with Crippen LogP contribution in [0, 0.1) is 11.6 Å². The number of benzene rings is 1. The van der Waals surface area contributed by atoms with Crippen molar-refractivity contribution < 1.29 is 23.4 Å². The summed E-state index contributed by atoms with van der Waals surface area (Å²) in [4.78, 5) is 11.8. The molecule has 1 heterocycles. The summed E-state index contributed by atoms with van der Waals surface area (Å²) in [6.07, 6.45) is 1.95. The van der Waals surface area contributed by atoms with Gasteiger partial charge in [0.1, 0.15) is 0 Å². The molecule has 0 fully saturated rings. The highest BCUT2D eigenvalue weighted by Gasteiger charge is 2.12. The topological polar surface area (TPSA) is 88.4 Å². The Kier molecular flexibility index (Phi) is 6.21. The highest BCUT2D eigenvalue weighted by atomic mass is 19.2. The number of anilines is 1. The largest absolute Gasteiger partial charge is 0.387 e. The molecule has 0 aliphatic rings. The molecule has 9 heteroatoms. The zero-order valence-electron chi connectivity index (χ0n) is 13.0. The van der Waals surface area contributed by atoms with Crippen LogP contribution in [-0.2, 0) is 11.3 Å². The second-order valence-electron chi connectivity index (χ2n) is 5.01. The lowest BCUT2D eigenvalue weighted by atomic mass is 10.1. The number of aliphatic hydroxyl groups is 1. The highest BCUT2D eigenvalue weighted by molar-refractivity contribution is 5.88. The second-order valence-corrected chi connectivity index (χ2v) is 5.01. The highest BCUT2D eigenvalue weighted by Crippen LogP contribution is 2.15. The van der Waals surface area contributed by atoms with Gasteiger partial charge in [0, 0.05) is 19.9 Å². The minimum absolute atomic E-state index is 0.158. The molecule has 0 radical (unpaired) electrons. The number of carbonyl (C=O) groups is 1. The predicted octanol–water partition coefficient (Wildman–Crippen LogP) is 1.66. The van der Waals surface area contributed by atoms with Gasteiger partial charge in [-0.25, -0.2) is 13.6 Å². The van der Waals surface area contributed by atoms with E-state index in [9.17, 15) is 18.7 Å². The van der Waals surface area contributed by atoms with Gasteiger partial charge in [-0.1, -0.05) is 6.07 Å². The lowest BCUT2D eigenvalue weighted by Gasteiger charge is -2.12. The molecule has 0 aliphatic carbocycles. The van der Waals surface area contributed by atoms with Crippen molar-refractivity contribution in [2.75, 3.05) is 25.6 Å². The molecule has 0 aliphatic heterocycles. The summed E-state index contributed by atoms with van der Waals surface area (Å²) in [7, 11) is 1.58. The number of hydrogen-bond donors (Lipinski definition) is 3.